The van der Waals surface area contributed by atoms with Crippen molar-refractivity contribution in [1.29, 1.82) is 0 Å². The van der Waals surface area contributed by atoms with E-state index < -0.39 is 0 Å². The van der Waals surface area contributed by atoms with Gasteiger partial charge in [-0.25, -0.2) is 0 Å². The maximum atomic E-state index is 11.5. The Bertz CT molecular complexity index is 354. The number of pyridine rings is 1. The largest absolute Gasteiger partial charge is 0.465 e. The molecule has 0 spiro atoms. The number of hydrogen-bond acceptors (Lipinski definition) is 4. The number of carbonyl (C=O) groups is 1. The summed E-state index contributed by atoms with van der Waals surface area (Å²) < 4.78 is 4.98. The van der Waals surface area contributed by atoms with Crippen LogP contribution in [0.15, 0.2) is 18.3 Å². The van der Waals surface area contributed by atoms with E-state index in [1.165, 1.54) is 0 Å². The SMILES string of the molecule is CCOC(=O)C1SCc2cccnc21. The lowest BCUT2D eigenvalue weighted by Crippen LogP contribution is -2.12. The van der Waals surface area contributed by atoms with E-state index in [-0.39, 0.29) is 11.2 Å². The number of esters is 1. The lowest BCUT2D eigenvalue weighted by Gasteiger charge is -2.07. The van der Waals surface area contributed by atoms with Gasteiger partial charge in [0, 0.05) is 11.9 Å². The first kappa shape index (κ1) is 9.52. The molecule has 3 nitrogen and oxygen atoms in total. The number of aromatic nitrogens is 1. The van der Waals surface area contributed by atoms with Gasteiger partial charge in [0.05, 0.1) is 12.3 Å². The number of thioether (sulfide) groups is 1. The third kappa shape index (κ3) is 1.62. The maximum Gasteiger partial charge on any atom is 0.325 e. The van der Waals surface area contributed by atoms with Crippen LogP contribution in [0, 0.1) is 0 Å². The van der Waals surface area contributed by atoms with Gasteiger partial charge in [-0.1, -0.05) is 6.07 Å². The van der Waals surface area contributed by atoms with Gasteiger partial charge in [0.15, 0.2) is 0 Å². The Kier molecular flexibility index (Phi) is 2.72. The maximum absolute atomic E-state index is 11.5. The van der Waals surface area contributed by atoms with E-state index in [9.17, 15) is 4.79 Å². The van der Waals surface area contributed by atoms with Crippen LogP contribution in [-0.4, -0.2) is 17.6 Å². The van der Waals surface area contributed by atoms with Crippen LogP contribution in [0.25, 0.3) is 0 Å². The van der Waals surface area contributed by atoms with Crippen LogP contribution in [0.2, 0.25) is 0 Å². The van der Waals surface area contributed by atoms with Gasteiger partial charge in [-0.05, 0) is 18.6 Å². The lowest BCUT2D eigenvalue weighted by molar-refractivity contribution is -0.142. The lowest BCUT2D eigenvalue weighted by atomic mass is 10.2. The second-order valence-electron chi connectivity index (χ2n) is 2.99. The molecule has 0 amide bonds. The van der Waals surface area contributed by atoms with Gasteiger partial charge in [-0.15, -0.1) is 11.8 Å². The van der Waals surface area contributed by atoms with E-state index in [2.05, 4.69) is 4.98 Å². The number of fused-ring (bicyclic) bond motifs is 1. The molecule has 0 N–H and O–H groups in total. The molecule has 1 aliphatic heterocycles. The molecule has 2 heterocycles. The molecule has 0 fully saturated rings. The minimum atomic E-state index is -0.217. The molecule has 0 saturated carbocycles. The minimum absolute atomic E-state index is 0.171. The fraction of sp³-hybridized carbons (Fsp3) is 0.400. The molecule has 1 unspecified atom stereocenters. The highest BCUT2D eigenvalue weighted by Gasteiger charge is 2.31. The van der Waals surface area contributed by atoms with Crippen molar-refractivity contribution in [1.82, 2.24) is 4.98 Å². The third-order valence-corrected chi connectivity index (χ3v) is 3.31. The van der Waals surface area contributed by atoms with Gasteiger partial charge in [0.2, 0.25) is 0 Å². The molecular formula is C10H11NO2S. The summed E-state index contributed by atoms with van der Waals surface area (Å²) in [6.07, 6.45) is 1.72. The zero-order valence-electron chi connectivity index (χ0n) is 7.90. The summed E-state index contributed by atoms with van der Waals surface area (Å²) in [6, 6.07) is 3.90. The molecule has 1 aromatic heterocycles. The van der Waals surface area contributed by atoms with Crippen molar-refractivity contribution < 1.29 is 9.53 Å². The Morgan fingerprint density at radius 2 is 2.64 bits per heavy atom. The topological polar surface area (TPSA) is 39.2 Å². The van der Waals surface area contributed by atoms with Crippen molar-refractivity contribution in [2.75, 3.05) is 6.61 Å². The Labute approximate surface area is 86.9 Å². The fourth-order valence-electron chi connectivity index (χ4n) is 1.46. The predicted octanol–water partition coefficient (Wildman–Crippen LogP) is 1.93. The van der Waals surface area contributed by atoms with Gasteiger partial charge >= 0.3 is 5.97 Å². The van der Waals surface area contributed by atoms with Gasteiger partial charge in [-0.3, -0.25) is 9.78 Å². The summed E-state index contributed by atoms with van der Waals surface area (Å²) in [5, 5.41) is -0.217. The van der Waals surface area contributed by atoms with Gasteiger partial charge in [-0.2, -0.15) is 0 Å². The molecular weight excluding hydrogens is 198 g/mol. The smallest absolute Gasteiger partial charge is 0.325 e. The van der Waals surface area contributed by atoms with Gasteiger partial charge in [0.1, 0.15) is 5.25 Å². The molecule has 4 heteroatoms. The Morgan fingerprint density at radius 3 is 3.43 bits per heavy atom. The highest BCUT2D eigenvalue weighted by Crippen LogP contribution is 2.40. The van der Waals surface area contributed by atoms with Crippen molar-refractivity contribution in [2.45, 2.75) is 17.9 Å². The average molecular weight is 209 g/mol. The molecule has 0 radical (unpaired) electrons. The van der Waals surface area contributed by atoms with E-state index >= 15 is 0 Å². The first-order valence-electron chi connectivity index (χ1n) is 4.55. The zero-order valence-corrected chi connectivity index (χ0v) is 8.71. The van der Waals surface area contributed by atoms with Crippen molar-refractivity contribution in [2.24, 2.45) is 0 Å². The third-order valence-electron chi connectivity index (χ3n) is 2.08. The molecule has 2 rings (SSSR count). The van der Waals surface area contributed by atoms with E-state index in [0.717, 1.165) is 17.0 Å². The number of ether oxygens (including phenoxy) is 1. The molecule has 1 aromatic rings. The normalized spacial score (nSPS) is 19.1. The molecule has 0 aliphatic carbocycles. The number of nitrogens with zero attached hydrogens (tertiary/aromatic N) is 1. The monoisotopic (exact) mass is 209 g/mol. The quantitative estimate of drug-likeness (QED) is 0.698. The summed E-state index contributed by atoms with van der Waals surface area (Å²) in [4.78, 5) is 15.7. The van der Waals surface area contributed by atoms with Crippen LogP contribution in [0.4, 0.5) is 0 Å². The average Bonchev–Trinajstić information content (AvgIpc) is 2.61. The second kappa shape index (κ2) is 4.00. The molecule has 0 saturated heterocycles. The molecule has 1 atom stereocenters. The standard InChI is InChI=1S/C10H11NO2S/c1-2-13-10(12)9-8-7(6-14-9)4-3-5-11-8/h3-5,9H,2,6H2,1H3. The number of hydrogen-bond donors (Lipinski definition) is 0. The van der Waals surface area contributed by atoms with Gasteiger partial charge in [0.25, 0.3) is 0 Å². The predicted molar refractivity (Wildman–Crippen MR) is 54.9 cm³/mol. The van der Waals surface area contributed by atoms with Crippen molar-refractivity contribution in [3.63, 3.8) is 0 Å². The fourth-order valence-corrected chi connectivity index (χ4v) is 2.62. The van der Waals surface area contributed by atoms with Crippen LogP contribution in [0.5, 0.6) is 0 Å². The summed E-state index contributed by atoms with van der Waals surface area (Å²) in [5.41, 5.74) is 2.02. The summed E-state index contributed by atoms with van der Waals surface area (Å²) >= 11 is 1.58. The molecule has 1 aliphatic rings. The van der Waals surface area contributed by atoms with Crippen LogP contribution in [-0.2, 0) is 15.3 Å². The Morgan fingerprint density at radius 1 is 1.79 bits per heavy atom. The summed E-state index contributed by atoms with van der Waals surface area (Å²) in [5.74, 6) is 0.682. The van der Waals surface area contributed by atoms with Crippen LogP contribution in [0.1, 0.15) is 23.4 Å². The van der Waals surface area contributed by atoms with E-state index in [1.807, 2.05) is 19.1 Å². The zero-order chi connectivity index (χ0) is 9.97. The highest BCUT2D eigenvalue weighted by molar-refractivity contribution is 7.99. The molecule has 0 aromatic carbocycles. The van der Waals surface area contributed by atoms with E-state index in [4.69, 9.17) is 4.74 Å². The minimum Gasteiger partial charge on any atom is -0.465 e. The van der Waals surface area contributed by atoms with Crippen LogP contribution in [0.3, 0.4) is 0 Å². The highest BCUT2D eigenvalue weighted by atomic mass is 32.2. The van der Waals surface area contributed by atoms with Crippen molar-refractivity contribution in [3.05, 3.63) is 29.6 Å². The first-order valence-corrected chi connectivity index (χ1v) is 5.60. The van der Waals surface area contributed by atoms with Crippen LogP contribution < -0.4 is 0 Å². The Balaban J connectivity index is 2.21. The van der Waals surface area contributed by atoms with Gasteiger partial charge < -0.3 is 4.74 Å². The first-order chi connectivity index (χ1) is 6.83. The molecule has 0 bridgehead atoms. The molecule has 14 heavy (non-hydrogen) atoms. The van der Waals surface area contributed by atoms with E-state index in [1.54, 1.807) is 18.0 Å². The molecule has 74 valence electrons. The van der Waals surface area contributed by atoms with E-state index in [0.29, 0.717) is 6.61 Å². The van der Waals surface area contributed by atoms with Crippen molar-refractivity contribution >= 4 is 17.7 Å². The second-order valence-corrected chi connectivity index (χ2v) is 4.08. The summed E-state index contributed by atoms with van der Waals surface area (Å²) in [6.45, 7) is 2.24. The van der Waals surface area contributed by atoms with Crippen LogP contribution >= 0.6 is 11.8 Å². The number of rotatable bonds is 2. The summed E-state index contributed by atoms with van der Waals surface area (Å²) in [7, 11) is 0. The van der Waals surface area contributed by atoms with Crippen molar-refractivity contribution in [3.8, 4) is 0 Å². The Hall–Kier alpha value is -1.03. The number of carbonyl (C=O) groups excluding carboxylic acids is 1.